The van der Waals surface area contributed by atoms with Gasteiger partial charge in [-0.25, -0.2) is 4.98 Å². The molecule has 1 aromatic rings. The maximum atomic E-state index is 12.9. The molecule has 3 heterocycles. The summed E-state index contributed by atoms with van der Waals surface area (Å²) >= 11 is 0. The summed E-state index contributed by atoms with van der Waals surface area (Å²) < 4.78 is 0. The maximum Gasteiger partial charge on any atom is 0.272 e. The molecule has 2 aliphatic rings. The van der Waals surface area contributed by atoms with Gasteiger partial charge in [-0.1, -0.05) is 13.0 Å². The molecular formula is C20H28N4O3. The predicted octanol–water partition coefficient (Wildman–Crippen LogP) is 1.79. The van der Waals surface area contributed by atoms with Gasteiger partial charge in [-0.2, -0.15) is 0 Å². The molecule has 0 bridgehead atoms. The number of piperazine rings is 1. The summed E-state index contributed by atoms with van der Waals surface area (Å²) in [6.07, 6.45) is 4.13. The van der Waals surface area contributed by atoms with Crippen LogP contribution in [0.2, 0.25) is 0 Å². The molecule has 2 fully saturated rings. The van der Waals surface area contributed by atoms with Gasteiger partial charge in [0.05, 0.1) is 0 Å². The maximum absolute atomic E-state index is 12.9. The molecule has 0 aliphatic carbocycles. The van der Waals surface area contributed by atoms with E-state index in [0.717, 1.165) is 32.2 Å². The molecule has 1 unspecified atom stereocenters. The molecule has 3 amide bonds. The van der Waals surface area contributed by atoms with E-state index in [1.54, 1.807) is 28.0 Å². The summed E-state index contributed by atoms with van der Waals surface area (Å²) in [7, 11) is 0. The Bertz CT molecular complexity index is 713. The molecule has 146 valence electrons. The number of hydrogen-bond donors (Lipinski definition) is 0. The van der Waals surface area contributed by atoms with Gasteiger partial charge in [0, 0.05) is 45.7 Å². The minimum absolute atomic E-state index is 0.0276. The highest BCUT2D eigenvalue weighted by molar-refractivity contribution is 5.96. The molecule has 1 atom stereocenters. The number of carbonyl (C=O) groups excluding carboxylic acids is 3. The predicted molar refractivity (Wildman–Crippen MR) is 101 cm³/mol. The molecule has 1 aromatic heterocycles. The zero-order chi connectivity index (χ0) is 19.4. The fourth-order valence-corrected chi connectivity index (χ4v) is 3.90. The van der Waals surface area contributed by atoms with E-state index >= 15 is 0 Å². The SMILES string of the molecule is CCC1CCCCN1C(=O)c1cccc(C(=O)N2CCN(C(C)=O)CC2)n1. The summed E-state index contributed by atoms with van der Waals surface area (Å²) in [6, 6.07) is 5.33. The molecule has 0 saturated carbocycles. The highest BCUT2D eigenvalue weighted by Gasteiger charge is 2.28. The third-order valence-corrected chi connectivity index (χ3v) is 5.56. The monoisotopic (exact) mass is 372 g/mol. The van der Waals surface area contributed by atoms with Crippen molar-refractivity contribution in [1.29, 1.82) is 0 Å². The van der Waals surface area contributed by atoms with Gasteiger partial charge in [0.1, 0.15) is 11.4 Å². The van der Waals surface area contributed by atoms with Crippen LogP contribution in [0, 0.1) is 0 Å². The van der Waals surface area contributed by atoms with Crippen LogP contribution in [0.4, 0.5) is 0 Å². The van der Waals surface area contributed by atoms with Crippen LogP contribution in [0.25, 0.3) is 0 Å². The van der Waals surface area contributed by atoms with Crippen molar-refractivity contribution in [3.8, 4) is 0 Å². The molecule has 27 heavy (non-hydrogen) atoms. The van der Waals surface area contributed by atoms with Crippen molar-refractivity contribution in [3.05, 3.63) is 29.6 Å². The lowest BCUT2D eigenvalue weighted by atomic mass is 9.99. The molecule has 0 N–H and O–H groups in total. The van der Waals surface area contributed by atoms with Crippen molar-refractivity contribution < 1.29 is 14.4 Å². The van der Waals surface area contributed by atoms with Crippen molar-refractivity contribution in [2.75, 3.05) is 32.7 Å². The number of amides is 3. The Morgan fingerprint density at radius 1 is 0.963 bits per heavy atom. The zero-order valence-electron chi connectivity index (χ0n) is 16.2. The number of hydrogen-bond acceptors (Lipinski definition) is 4. The first-order valence-corrected chi connectivity index (χ1v) is 9.84. The average molecular weight is 372 g/mol. The average Bonchev–Trinajstić information content (AvgIpc) is 2.72. The standard InChI is InChI=1S/C20H28N4O3/c1-3-16-7-4-5-10-24(16)20(27)18-9-6-8-17(21-18)19(26)23-13-11-22(12-14-23)15(2)25/h6,8-9,16H,3-5,7,10-14H2,1-2H3. The second-order valence-corrected chi connectivity index (χ2v) is 7.26. The third-order valence-electron chi connectivity index (χ3n) is 5.56. The van der Waals surface area contributed by atoms with Gasteiger partial charge in [-0.3, -0.25) is 14.4 Å². The molecule has 0 radical (unpaired) electrons. The second-order valence-electron chi connectivity index (χ2n) is 7.26. The molecule has 7 nitrogen and oxygen atoms in total. The van der Waals surface area contributed by atoms with Crippen molar-refractivity contribution >= 4 is 17.7 Å². The van der Waals surface area contributed by atoms with Gasteiger partial charge < -0.3 is 14.7 Å². The quantitative estimate of drug-likeness (QED) is 0.811. The van der Waals surface area contributed by atoms with Crippen molar-refractivity contribution in [2.24, 2.45) is 0 Å². The fourth-order valence-electron chi connectivity index (χ4n) is 3.90. The van der Waals surface area contributed by atoms with Crippen LogP contribution in [0.5, 0.6) is 0 Å². The Morgan fingerprint density at radius 2 is 1.59 bits per heavy atom. The van der Waals surface area contributed by atoms with Crippen LogP contribution in [0.15, 0.2) is 18.2 Å². The summed E-state index contributed by atoms with van der Waals surface area (Å²) in [5.74, 6) is -0.240. The lowest BCUT2D eigenvalue weighted by molar-refractivity contribution is -0.130. The Hall–Kier alpha value is -2.44. The number of aromatic nitrogens is 1. The van der Waals surface area contributed by atoms with Crippen LogP contribution >= 0.6 is 0 Å². The van der Waals surface area contributed by atoms with Gasteiger partial charge >= 0.3 is 0 Å². The molecule has 0 aromatic carbocycles. The lowest BCUT2D eigenvalue weighted by Gasteiger charge is -2.35. The van der Waals surface area contributed by atoms with Crippen LogP contribution in [-0.4, -0.2) is 76.2 Å². The van der Waals surface area contributed by atoms with Gasteiger partial charge in [-0.05, 0) is 37.8 Å². The minimum atomic E-state index is -0.182. The highest BCUT2D eigenvalue weighted by atomic mass is 16.2. The Morgan fingerprint density at radius 3 is 2.22 bits per heavy atom. The Kier molecular flexibility index (Phi) is 6.08. The summed E-state index contributed by atoms with van der Waals surface area (Å²) in [5.41, 5.74) is 0.630. The van der Waals surface area contributed by atoms with Gasteiger partial charge in [0.15, 0.2) is 0 Å². The van der Waals surface area contributed by atoms with Crippen LogP contribution < -0.4 is 0 Å². The Labute approximate surface area is 160 Å². The molecule has 2 saturated heterocycles. The molecule has 2 aliphatic heterocycles. The molecule has 7 heteroatoms. The third kappa shape index (κ3) is 4.28. The van der Waals surface area contributed by atoms with Crippen LogP contribution in [0.1, 0.15) is 60.5 Å². The largest absolute Gasteiger partial charge is 0.339 e. The summed E-state index contributed by atoms with van der Waals surface area (Å²) in [4.78, 5) is 46.9. The van der Waals surface area contributed by atoms with Crippen LogP contribution in [0.3, 0.4) is 0 Å². The molecule has 3 rings (SSSR count). The number of rotatable bonds is 3. The van der Waals surface area contributed by atoms with Gasteiger partial charge in [0.2, 0.25) is 5.91 Å². The first-order chi connectivity index (χ1) is 13.0. The Balaban J connectivity index is 1.70. The van der Waals surface area contributed by atoms with E-state index in [1.807, 2.05) is 4.90 Å². The van der Waals surface area contributed by atoms with E-state index in [9.17, 15) is 14.4 Å². The van der Waals surface area contributed by atoms with E-state index in [0.29, 0.717) is 37.6 Å². The molecular weight excluding hydrogens is 344 g/mol. The lowest BCUT2D eigenvalue weighted by Crippen LogP contribution is -2.50. The fraction of sp³-hybridized carbons (Fsp3) is 0.600. The van der Waals surface area contributed by atoms with E-state index in [2.05, 4.69) is 11.9 Å². The van der Waals surface area contributed by atoms with E-state index in [1.165, 1.54) is 6.92 Å². The minimum Gasteiger partial charge on any atom is -0.339 e. The first kappa shape index (κ1) is 19.3. The van der Waals surface area contributed by atoms with Crippen molar-refractivity contribution in [3.63, 3.8) is 0 Å². The number of likely N-dealkylation sites (tertiary alicyclic amines) is 1. The van der Waals surface area contributed by atoms with Gasteiger partial charge in [-0.15, -0.1) is 0 Å². The number of piperidine rings is 1. The number of nitrogens with zero attached hydrogens (tertiary/aromatic N) is 4. The van der Waals surface area contributed by atoms with Gasteiger partial charge in [0.25, 0.3) is 11.8 Å². The normalized spacial score (nSPS) is 20.5. The van der Waals surface area contributed by atoms with Crippen LogP contribution in [-0.2, 0) is 4.79 Å². The smallest absolute Gasteiger partial charge is 0.272 e. The van der Waals surface area contributed by atoms with E-state index < -0.39 is 0 Å². The molecule has 0 spiro atoms. The second kappa shape index (κ2) is 8.50. The van der Waals surface area contributed by atoms with E-state index in [-0.39, 0.29) is 23.8 Å². The first-order valence-electron chi connectivity index (χ1n) is 9.84. The van der Waals surface area contributed by atoms with Crippen molar-refractivity contribution in [2.45, 2.75) is 45.6 Å². The summed E-state index contributed by atoms with van der Waals surface area (Å²) in [6.45, 7) is 6.44. The van der Waals surface area contributed by atoms with Crippen molar-refractivity contribution in [1.82, 2.24) is 19.7 Å². The number of pyridine rings is 1. The highest BCUT2D eigenvalue weighted by Crippen LogP contribution is 2.21. The zero-order valence-corrected chi connectivity index (χ0v) is 16.2. The number of carbonyl (C=O) groups is 3. The topological polar surface area (TPSA) is 73.8 Å². The van der Waals surface area contributed by atoms with E-state index in [4.69, 9.17) is 0 Å². The summed E-state index contributed by atoms with van der Waals surface area (Å²) in [5, 5.41) is 0.